The first-order chi connectivity index (χ1) is 6.27. The van der Waals surface area contributed by atoms with Crippen molar-refractivity contribution in [2.45, 2.75) is 13.8 Å². The van der Waals surface area contributed by atoms with Crippen LogP contribution in [-0.2, 0) is 4.74 Å². The second kappa shape index (κ2) is 4.73. The lowest BCUT2D eigenvalue weighted by atomic mass is 10.3. The van der Waals surface area contributed by atoms with Gasteiger partial charge in [0.2, 0.25) is 5.95 Å². The minimum absolute atomic E-state index is 0.310. The van der Waals surface area contributed by atoms with Crippen molar-refractivity contribution in [3.8, 4) is 0 Å². The topological polar surface area (TPSA) is 12.5 Å². The zero-order chi connectivity index (χ0) is 9.68. The van der Waals surface area contributed by atoms with Crippen LogP contribution in [-0.4, -0.2) is 24.6 Å². The molecule has 0 unspecified atom stereocenters. The molecule has 0 atom stereocenters. The highest BCUT2D eigenvalue weighted by Crippen LogP contribution is 2.09. The molecule has 0 radical (unpaired) electrons. The van der Waals surface area contributed by atoms with Gasteiger partial charge >= 0.3 is 0 Å². The quantitative estimate of drug-likeness (QED) is 0.491. The van der Waals surface area contributed by atoms with E-state index in [4.69, 9.17) is 4.74 Å². The van der Waals surface area contributed by atoms with Gasteiger partial charge in [-0.25, -0.2) is 0 Å². The zero-order valence-corrected chi connectivity index (χ0v) is 8.01. The minimum atomic E-state index is -0.310. The molecular weight excluding hydrogens is 169 g/mol. The minimum Gasteiger partial charge on any atom is -0.496 e. The Morgan fingerprint density at radius 2 is 2.31 bits per heavy atom. The fraction of sp³-hybridized carbons (Fsp3) is 0.500. The number of ether oxygens (including phenoxy) is 1. The van der Waals surface area contributed by atoms with Crippen molar-refractivity contribution in [3.05, 3.63) is 29.6 Å². The fourth-order valence-corrected chi connectivity index (χ4v) is 1.11. The summed E-state index contributed by atoms with van der Waals surface area (Å²) in [5.41, 5.74) is 3.42. The highest BCUT2D eigenvalue weighted by Gasteiger charge is 2.04. The lowest BCUT2D eigenvalue weighted by Gasteiger charge is -2.15. The maximum atomic E-state index is 13.3. The van der Waals surface area contributed by atoms with Crippen LogP contribution in [0.5, 0.6) is 0 Å². The molecule has 0 N–H and O–H groups in total. The number of hydrogen-bond donors (Lipinski definition) is 0. The molecule has 0 aromatic rings. The fourth-order valence-electron chi connectivity index (χ4n) is 1.11. The Bertz CT molecular complexity index is 260. The largest absolute Gasteiger partial charge is 0.496 e. The molecule has 1 heterocycles. The molecule has 0 saturated heterocycles. The third-order valence-electron chi connectivity index (χ3n) is 1.91. The van der Waals surface area contributed by atoms with E-state index in [1.165, 1.54) is 0 Å². The summed E-state index contributed by atoms with van der Waals surface area (Å²) in [6.45, 7) is 5.57. The Morgan fingerprint density at radius 3 is 2.77 bits per heavy atom. The van der Waals surface area contributed by atoms with Gasteiger partial charge in [-0.05, 0) is 19.9 Å². The highest BCUT2D eigenvalue weighted by molar-refractivity contribution is 5.21. The standard InChI is InChI=1S/C10H14FNO/c1-3-12(4-2)10(11)7-9-5-6-13-8-9/h5-6H,3-4,8H2,1-2H3. The molecular formula is C10H14FNO. The van der Waals surface area contributed by atoms with Crippen LogP contribution in [0.1, 0.15) is 13.8 Å². The molecule has 72 valence electrons. The van der Waals surface area contributed by atoms with Crippen molar-refractivity contribution in [1.82, 2.24) is 4.90 Å². The zero-order valence-electron chi connectivity index (χ0n) is 8.01. The van der Waals surface area contributed by atoms with Crippen molar-refractivity contribution >= 4 is 0 Å². The summed E-state index contributed by atoms with van der Waals surface area (Å²) < 4.78 is 18.3. The van der Waals surface area contributed by atoms with Gasteiger partial charge in [-0.1, -0.05) is 5.73 Å². The maximum absolute atomic E-state index is 13.3. The van der Waals surface area contributed by atoms with E-state index in [2.05, 4.69) is 5.73 Å². The van der Waals surface area contributed by atoms with Gasteiger partial charge in [-0.15, -0.1) is 0 Å². The second-order valence-corrected chi connectivity index (χ2v) is 2.73. The smallest absolute Gasteiger partial charge is 0.233 e. The number of rotatable bonds is 3. The molecule has 1 rings (SSSR count). The van der Waals surface area contributed by atoms with Gasteiger partial charge < -0.3 is 9.64 Å². The van der Waals surface area contributed by atoms with Crippen LogP contribution in [0.25, 0.3) is 0 Å². The Hall–Kier alpha value is -1.21. The van der Waals surface area contributed by atoms with Crippen LogP contribution in [0.4, 0.5) is 4.39 Å². The molecule has 0 aromatic heterocycles. The van der Waals surface area contributed by atoms with Crippen LogP contribution < -0.4 is 0 Å². The molecule has 1 aliphatic rings. The van der Waals surface area contributed by atoms with Crippen LogP contribution >= 0.6 is 0 Å². The molecule has 13 heavy (non-hydrogen) atoms. The van der Waals surface area contributed by atoms with E-state index >= 15 is 0 Å². The van der Waals surface area contributed by atoms with Gasteiger partial charge in [0, 0.05) is 18.7 Å². The molecule has 0 aliphatic carbocycles. The predicted molar refractivity (Wildman–Crippen MR) is 49.7 cm³/mol. The Balaban J connectivity index is 2.79. The van der Waals surface area contributed by atoms with Crippen LogP contribution in [0.2, 0.25) is 0 Å². The van der Waals surface area contributed by atoms with E-state index in [0.29, 0.717) is 19.7 Å². The van der Waals surface area contributed by atoms with Crippen molar-refractivity contribution in [1.29, 1.82) is 0 Å². The summed E-state index contributed by atoms with van der Waals surface area (Å²) >= 11 is 0. The third kappa shape index (κ3) is 2.63. The van der Waals surface area contributed by atoms with Crippen LogP contribution in [0.15, 0.2) is 29.6 Å². The molecule has 0 spiro atoms. The van der Waals surface area contributed by atoms with Gasteiger partial charge in [0.25, 0.3) is 0 Å². The molecule has 2 nitrogen and oxygen atoms in total. The lowest BCUT2D eigenvalue weighted by molar-refractivity contribution is 0.291. The third-order valence-corrected chi connectivity index (χ3v) is 1.91. The average molecular weight is 183 g/mol. The summed E-state index contributed by atoms with van der Waals surface area (Å²) in [5.74, 6) is -0.310. The van der Waals surface area contributed by atoms with E-state index < -0.39 is 0 Å². The van der Waals surface area contributed by atoms with E-state index in [1.54, 1.807) is 17.2 Å². The Kier molecular flexibility index (Phi) is 3.59. The molecule has 0 saturated carbocycles. The maximum Gasteiger partial charge on any atom is 0.233 e. The van der Waals surface area contributed by atoms with E-state index in [-0.39, 0.29) is 5.95 Å². The summed E-state index contributed by atoms with van der Waals surface area (Å²) in [4.78, 5) is 1.61. The lowest BCUT2D eigenvalue weighted by Crippen LogP contribution is -2.19. The normalized spacial score (nSPS) is 13.9. The first-order valence-electron chi connectivity index (χ1n) is 4.46. The predicted octanol–water partition coefficient (Wildman–Crippen LogP) is 2.21. The summed E-state index contributed by atoms with van der Waals surface area (Å²) in [6, 6.07) is 0. The summed E-state index contributed by atoms with van der Waals surface area (Å²) in [6.07, 6.45) is 3.28. The highest BCUT2D eigenvalue weighted by atomic mass is 19.1. The summed E-state index contributed by atoms with van der Waals surface area (Å²) in [5, 5.41) is 0. The average Bonchev–Trinajstić information content (AvgIpc) is 2.59. The Morgan fingerprint density at radius 1 is 1.62 bits per heavy atom. The molecule has 1 aliphatic heterocycles. The monoisotopic (exact) mass is 183 g/mol. The summed E-state index contributed by atoms with van der Waals surface area (Å²) in [7, 11) is 0. The number of nitrogens with zero attached hydrogens (tertiary/aromatic N) is 1. The Labute approximate surface area is 78.0 Å². The number of hydrogen-bond acceptors (Lipinski definition) is 2. The SMILES string of the molecule is CCN(CC)C(F)=C=C1C=COC1. The van der Waals surface area contributed by atoms with E-state index in [1.807, 2.05) is 13.8 Å². The van der Waals surface area contributed by atoms with Gasteiger partial charge in [0.05, 0.1) is 6.26 Å². The van der Waals surface area contributed by atoms with Gasteiger partial charge in [0.15, 0.2) is 0 Å². The van der Waals surface area contributed by atoms with Gasteiger partial charge in [0.1, 0.15) is 6.61 Å². The van der Waals surface area contributed by atoms with E-state index in [9.17, 15) is 4.39 Å². The first kappa shape index (κ1) is 9.87. The number of halogens is 1. The van der Waals surface area contributed by atoms with Crippen molar-refractivity contribution in [2.24, 2.45) is 0 Å². The van der Waals surface area contributed by atoms with Gasteiger partial charge in [-0.3, -0.25) is 0 Å². The molecule has 0 amide bonds. The van der Waals surface area contributed by atoms with E-state index in [0.717, 1.165) is 5.57 Å². The molecule has 3 heteroatoms. The molecule has 0 aromatic carbocycles. The van der Waals surface area contributed by atoms with Crippen molar-refractivity contribution in [3.63, 3.8) is 0 Å². The molecule has 0 bridgehead atoms. The van der Waals surface area contributed by atoms with Crippen LogP contribution in [0, 0.1) is 0 Å². The van der Waals surface area contributed by atoms with Crippen molar-refractivity contribution in [2.75, 3.05) is 19.7 Å². The second-order valence-electron chi connectivity index (χ2n) is 2.73. The first-order valence-corrected chi connectivity index (χ1v) is 4.46. The van der Waals surface area contributed by atoms with Gasteiger partial charge in [-0.2, -0.15) is 4.39 Å². The van der Waals surface area contributed by atoms with Crippen LogP contribution in [0.3, 0.4) is 0 Å². The molecule has 0 fully saturated rings. The van der Waals surface area contributed by atoms with Crippen molar-refractivity contribution < 1.29 is 9.13 Å².